The molecule has 0 unspecified atom stereocenters. The second-order valence-corrected chi connectivity index (χ2v) is 7.59. The first-order chi connectivity index (χ1) is 15.6. The Balaban J connectivity index is 0.000000676. The highest BCUT2D eigenvalue weighted by atomic mass is 16.5. The van der Waals surface area contributed by atoms with Crippen LogP contribution in [0.1, 0.15) is 59.8 Å². The van der Waals surface area contributed by atoms with Crippen LogP contribution in [0.5, 0.6) is 0 Å². The van der Waals surface area contributed by atoms with Gasteiger partial charge in [0.2, 0.25) is 0 Å². The van der Waals surface area contributed by atoms with E-state index in [0.717, 1.165) is 9.80 Å². The highest BCUT2D eigenvalue weighted by molar-refractivity contribution is 6.13. The van der Waals surface area contributed by atoms with Crippen LogP contribution >= 0.6 is 0 Å². The van der Waals surface area contributed by atoms with Crippen LogP contribution in [0.4, 0.5) is 0 Å². The maximum Gasteiger partial charge on any atom is 0.253 e. The van der Waals surface area contributed by atoms with Crippen LogP contribution in [0, 0.1) is 0 Å². The van der Waals surface area contributed by atoms with Gasteiger partial charge in [-0.3, -0.25) is 38.6 Å². The monoisotopic (exact) mass is 478 g/mol. The van der Waals surface area contributed by atoms with Crippen molar-refractivity contribution >= 4 is 41.0 Å². The van der Waals surface area contributed by atoms with Gasteiger partial charge in [-0.2, -0.15) is 0 Å². The van der Waals surface area contributed by atoms with E-state index in [-0.39, 0.29) is 61.4 Å². The molecule has 0 atom stereocenters. The molecule has 0 aliphatic carbocycles. The molecule has 188 valence electrons. The molecule has 0 N–H and O–H groups in total. The summed E-state index contributed by atoms with van der Waals surface area (Å²) in [5, 5.41) is 0. The van der Waals surface area contributed by atoms with Crippen LogP contribution in [0.25, 0.3) is 0 Å². The first-order valence-electron chi connectivity index (χ1n) is 10.8. The largest absolute Gasteiger partial charge is 0.381 e. The Labute approximate surface area is 200 Å². The number of ether oxygens (including phenoxy) is 1. The Bertz CT molecular complexity index is 808. The summed E-state index contributed by atoms with van der Waals surface area (Å²) in [5.74, 6) is -1.15. The van der Waals surface area contributed by atoms with Gasteiger partial charge < -0.3 is 9.53 Å². The molecule has 10 nitrogen and oxygen atoms in total. The molecule has 10 heteroatoms. The van der Waals surface area contributed by atoms with Gasteiger partial charge in [-0.25, -0.2) is 0 Å². The van der Waals surface area contributed by atoms with Crippen molar-refractivity contribution < 1.29 is 38.3 Å². The van der Waals surface area contributed by atoms with Crippen molar-refractivity contribution in [3.05, 3.63) is 24.3 Å². The lowest BCUT2D eigenvalue weighted by Gasteiger charge is -2.12. The van der Waals surface area contributed by atoms with Crippen molar-refractivity contribution in [3.63, 3.8) is 0 Å². The molecule has 34 heavy (non-hydrogen) atoms. The molecule has 0 bridgehead atoms. The molecule has 0 spiro atoms. The summed E-state index contributed by atoms with van der Waals surface area (Å²) in [6.45, 7) is 4.28. The summed E-state index contributed by atoms with van der Waals surface area (Å²) in [6.07, 6.45) is 7.36. The Morgan fingerprint density at radius 3 is 1.59 bits per heavy atom. The fraction of sp³-hybridized carbons (Fsp3) is 0.542. The first kappa shape index (κ1) is 30.7. The van der Waals surface area contributed by atoms with E-state index in [9.17, 15) is 33.6 Å². The van der Waals surface area contributed by atoms with E-state index in [1.807, 2.05) is 0 Å². The van der Waals surface area contributed by atoms with Crippen LogP contribution in [0.3, 0.4) is 0 Å². The Morgan fingerprint density at radius 2 is 1.12 bits per heavy atom. The van der Waals surface area contributed by atoms with Crippen molar-refractivity contribution in [1.29, 1.82) is 0 Å². The number of hydrogen-bond acceptors (Lipinski definition) is 8. The molecule has 0 saturated heterocycles. The number of nitrogens with zero attached hydrogens (tertiary/aromatic N) is 2. The van der Waals surface area contributed by atoms with Crippen molar-refractivity contribution in [1.82, 2.24) is 9.80 Å². The van der Waals surface area contributed by atoms with E-state index >= 15 is 0 Å². The Morgan fingerprint density at radius 1 is 0.647 bits per heavy atom. The van der Waals surface area contributed by atoms with Gasteiger partial charge in [0, 0.05) is 69.7 Å². The van der Waals surface area contributed by atoms with Gasteiger partial charge in [0.15, 0.2) is 0 Å². The summed E-state index contributed by atoms with van der Waals surface area (Å²) in [4.78, 5) is 79.5. The lowest BCUT2D eigenvalue weighted by Crippen LogP contribution is -2.32. The highest BCUT2D eigenvalue weighted by Gasteiger charge is 2.23. The van der Waals surface area contributed by atoms with E-state index in [0.29, 0.717) is 51.9 Å². The van der Waals surface area contributed by atoms with Crippen molar-refractivity contribution in [2.24, 2.45) is 0 Å². The van der Waals surface area contributed by atoms with E-state index in [1.165, 1.54) is 38.2 Å². The minimum absolute atomic E-state index is 0. The van der Waals surface area contributed by atoms with Gasteiger partial charge in [-0.15, -0.1) is 0 Å². The predicted molar refractivity (Wildman–Crippen MR) is 123 cm³/mol. The summed E-state index contributed by atoms with van der Waals surface area (Å²) in [7, 11) is 0. The average Bonchev–Trinajstić information content (AvgIpc) is 3.24. The van der Waals surface area contributed by atoms with Crippen molar-refractivity contribution in [2.45, 2.75) is 59.8 Å². The minimum atomic E-state index is -0.365. The zero-order valence-electron chi connectivity index (χ0n) is 19.0. The molecule has 0 saturated carbocycles. The third kappa shape index (κ3) is 12.1. The molecule has 0 radical (unpaired) electrons. The lowest BCUT2D eigenvalue weighted by atomic mass is 10.1. The molecule has 2 rings (SSSR count). The van der Waals surface area contributed by atoms with E-state index in [4.69, 9.17) is 4.74 Å². The van der Waals surface area contributed by atoms with Crippen molar-refractivity contribution in [2.75, 3.05) is 26.3 Å². The van der Waals surface area contributed by atoms with Gasteiger partial charge in [0.1, 0.15) is 17.3 Å². The first-order valence-corrected chi connectivity index (χ1v) is 10.8. The quantitative estimate of drug-likeness (QED) is 0.271. The Hall–Kier alpha value is -3.27. The number of imide groups is 2. The van der Waals surface area contributed by atoms with Crippen LogP contribution < -0.4 is 0 Å². The van der Waals surface area contributed by atoms with Gasteiger partial charge >= 0.3 is 0 Å². The predicted octanol–water partition coefficient (Wildman–Crippen LogP) is 1.56. The van der Waals surface area contributed by atoms with Crippen LogP contribution in [-0.4, -0.2) is 77.1 Å². The molecule has 4 amide bonds. The number of Topliss-reactive ketones (excluding diaryl/α,β-unsaturated/α-hetero) is 3. The van der Waals surface area contributed by atoms with Crippen LogP contribution in [-0.2, 0) is 38.3 Å². The maximum atomic E-state index is 11.6. The molecular weight excluding hydrogens is 444 g/mol. The standard InChI is InChI=1S/C14H19NO5.C9H11NO3.CH4/c1-11(16)7-10-20-9-2-3-12(17)6-8-15-13(18)4-5-14(15)19;1-7(11)3-2-6-10-8(12)4-5-9(10)13;/h4-5H,2-3,6-10H2,1H3;4-5H,2-3,6H2,1H3;1H4. The van der Waals surface area contributed by atoms with E-state index in [2.05, 4.69) is 0 Å². The SMILES string of the molecule is C.CC(=O)CCCN1C(=O)C=CC1=O.CC(=O)CCOCCCC(=O)CCN1C(=O)C=CC1=O. The minimum Gasteiger partial charge on any atom is -0.381 e. The highest BCUT2D eigenvalue weighted by Crippen LogP contribution is 2.06. The van der Waals surface area contributed by atoms with Gasteiger partial charge in [0.25, 0.3) is 23.6 Å². The lowest BCUT2D eigenvalue weighted by molar-refractivity contribution is -0.138. The number of rotatable bonds is 14. The second kappa shape index (κ2) is 16.4. The third-order valence-corrected chi connectivity index (χ3v) is 4.67. The zero-order chi connectivity index (χ0) is 24.8. The van der Waals surface area contributed by atoms with Crippen LogP contribution in [0.15, 0.2) is 24.3 Å². The summed E-state index contributed by atoms with van der Waals surface area (Å²) < 4.78 is 5.21. The number of carbonyl (C=O) groups excluding carboxylic acids is 7. The third-order valence-electron chi connectivity index (χ3n) is 4.67. The summed E-state index contributed by atoms with van der Waals surface area (Å²) >= 11 is 0. The number of ketones is 3. The number of carbonyl (C=O) groups is 7. The normalized spacial score (nSPS) is 14.3. The average molecular weight is 479 g/mol. The van der Waals surface area contributed by atoms with Crippen molar-refractivity contribution in [3.8, 4) is 0 Å². The van der Waals surface area contributed by atoms with Gasteiger partial charge in [-0.1, -0.05) is 7.43 Å². The molecule has 0 aromatic rings. The fourth-order valence-corrected chi connectivity index (χ4v) is 2.84. The van der Waals surface area contributed by atoms with E-state index < -0.39 is 0 Å². The topological polar surface area (TPSA) is 135 Å². The molecule has 0 aromatic carbocycles. The van der Waals surface area contributed by atoms with Crippen LogP contribution in [0.2, 0.25) is 0 Å². The molecule has 0 fully saturated rings. The molecule has 2 heterocycles. The maximum absolute atomic E-state index is 11.6. The number of hydrogen-bond donors (Lipinski definition) is 0. The van der Waals surface area contributed by atoms with Gasteiger partial charge in [0.05, 0.1) is 6.61 Å². The smallest absolute Gasteiger partial charge is 0.253 e. The summed E-state index contributed by atoms with van der Waals surface area (Å²) in [6, 6.07) is 0. The molecule has 2 aliphatic rings. The summed E-state index contributed by atoms with van der Waals surface area (Å²) in [5.41, 5.74) is 0. The zero-order valence-corrected chi connectivity index (χ0v) is 19.0. The second-order valence-electron chi connectivity index (χ2n) is 7.59. The number of amides is 4. The molecule has 2 aliphatic heterocycles. The molecular formula is C24H34N2O8. The Kier molecular flexibility index (Phi) is 14.8. The van der Waals surface area contributed by atoms with E-state index in [1.54, 1.807) is 0 Å². The molecule has 0 aromatic heterocycles. The van der Waals surface area contributed by atoms with Gasteiger partial charge in [-0.05, 0) is 26.7 Å². The fourth-order valence-electron chi connectivity index (χ4n) is 2.84.